The number of para-hydroxylation sites is 1. The molecule has 1 aromatic heterocycles. The smallest absolute Gasteiger partial charge is 0.305 e. The molecule has 24 heavy (non-hydrogen) atoms. The number of nitrogens with one attached hydrogen (secondary N) is 2. The largest absolute Gasteiger partial charge is 0.481 e. The third kappa shape index (κ3) is 4.35. The van der Waals surface area contributed by atoms with Gasteiger partial charge < -0.3 is 20.1 Å². The van der Waals surface area contributed by atoms with Gasteiger partial charge in [-0.3, -0.25) is 9.59 Å². The van der Waals surface area contributed by atoms with Gasteiger partial charge in [0, 0.05) is 30.6 Å². The Balaban J connectivity index is 2.01. The summed E-state index contributed by atoms with van der Waals surface area (Å²) in [6, 6.07) is 6.07. The van der Waals surface area contributed by atoms with Crippen molar-refractivity contribution >= 4 is 22.8 Å². The van der Waals surface area contributed by atoms with Crippen LogP contribution < -0.4 is 5.32 Å². The number of rotatable bonds is 8. The third-order valence-corrected chi connectivity index (χ3v) is 4.08. The van der Waals surface area contributed by atoms with Crippen LogP contribution in [0.1, 0.15) is 30.9 Å². The number of carboxylic acids is 1. The van der Waals surface area contributed by atoms with Gasteiger partial charge in [-0.25, -0.2) is 0 Å². The predicted octanol–water partition coefficient (Wildman–Crippen LogP) is 2.40. The molecule has 1 atom stereocenters. The Morgan fingerprint density at radius 1 is 1.38 bits per heavy atom. The maximum absolute atomic E-state index is 12.2. The van der Waals surface area contributed by atoms with Crippen LogP contribution in [0.5, 0.6) is 0 Å². The van der Waals surface area contributed by atoms with Gasteiger partial charge in [-0.2, -0.15) is 0 Å². The number of amides is 1. The molecule has 0 saturated carbocycles. The normalized spacial score (nSPS) is 13.6. The van der Waals surface area contributed by atoms with Gasteiger partial charge in [-0.05, 0) is 31.4 Å². The zero-order chi connectivity index (χ0) is 17.7. The van der Waals surface area contributed by atoms with Crippen molar-refractivity contribution in [2.75, 3.05) is 13.7 Å². The van der Waals surface area contributed by atoms with Crippen LogP contribution in [-0.4, -0.2) is 41.2 Å². The van der Waals surface area contributed by atoms with Crippen LogP contribution in [0.4, 0.5) is 0 Å². The molecule has 1 unspecified atom stereocenters. The van der Waals surface area contributed by atoms with E-state index in [2.05, 4.69) is 10.3 Å². The Morgan fingerprint density at radius 3 is 2.79 bits per heavy atom. The van der Waals surface area contributed by atoms with Crippen LogP contribution in [0.2, 0.25) is 0 Å². The van der Waals surface area contributed by atoms with Crippen LogP contribution in [0.25, 0.3) is 10.9 Å². The van der Waals surface area contributed by atoms with E-state index in [-0.39, 0.29) is 18.9 Å². The fraction of sp³-hybridized carbons (Fsp3) is 0.444. The van der Waals surface area contributed by atoms with Crippen molar-refractivity contribution in [1.29, 1.82) is 0 Å². The van der Waals surface area contributed by atoms with E-state index in [1.54, 1.807) is 6.92 Å². The SMILES string of the molecule is COCC(C)(CC(=O)O)NC(=O)CCc1c[nH]c2c(C)cccc12. The van der Waals surface area contributed by atoms with Gasteiger partial charge in [-0.15, -0.1) is 0 Å². The van der Waals surface area contributed by atoms with Crippen molar-refractivity contribution < 1.29 is 19.4 Å². The van der Waals surface area contributed by atoms with Crippen molar-refractivity contribution in [3.05, 3.63) is 35.5 Å². The van der Waals surface area contributed by atoms with Crippen molar-refractivity contribution in [2.45, 2.75) is 38.6 Å². The molecule has 1 aromatic carbocycles. The molecule has 2 aromatic rings. The highest BCUT2D eigenvalue weighted by atomic mass is 16.5. The van der Waals surface area contributed by atoms with E-state index in [1.807, 2.05) is 31.3 Å². The first-order valence-electron chi connectivity index (χ1n) is 7.92. The number of hydrogen-bond donors (Lipinski definition) is 3. The van der Waals surface area contributed by atoms with Crippen LogP contribution in [0.3, 0.4) is 0 Å². The first-order chi connectivity index (χ1) is 11.3. The molecule has 130 valence electrons. The highest BCUT2D eigenvalue weighted by Crippen LogP contribution is 2.22. The molecule has 0 bridgehead atoms. The second-order valence-electron chi connectivity index (χ2n) is 6.42. The zero-order valence-electron chi connectivity index (χ0n) is 14.3. The number of carboxylic acid groups (broad SMARTS) is 1. The van der Waals surface area contributed by atoms with Crippen LogP contribution in [-0.2, 0) is 20.7 Å². The molecule has 0 fully saturated rings. The minimum absolute atomic E-state index is 0.150. The molecule has 0 spiro atoms. The van der Waals surface area contributed by atoms with Gasteiger partial charge in [0.25, 0.3) is 0 Å². The Morgan fingerprint density at radius 2 is 2.12 bits per heavy atom. The summed E-state index contributed by atoms with van der Waals surface area (Å²) in [4.78, 5) is 26.5. The van der Waals surface area contributed by atoms with E-state index in [0.717, 1.165) is 22.0 Å². The lowest BCUT2D eigenvalue weighted by Gasteiger charge is -2.28. The molecular formula is C18H24N2O4. The molecule has 1 amide bonds. The Labute approximate surface area is 141 Å². The monoisotopic (exact) mass is 332 g/mol. The number of ether oxygens (including phenoxy) is 1. The van der Waals surface area contributed by atoms with Gasteiger partial charge in [0.2, 0.25) is 5.91 Å². The Bertz CT molecular complexity index is 738. The number of fused-ring (bicyclic) bond motifs is 1. The minimum Gasteiger partial charge on any atom is -0.481 e. The van der Waals surface area contributed by atoms with Crippen molar-refractivity contribution in [2.24, 2.45) is 0 Å². The molecule has 0 saturated heterocycles. The van der Waals surface area contributed by atoms with E-state index in [9.17, 15) is 9.59 Å². The summed E-state index contributed by atoms with van der Waals surface area (Å²) in [6.07, 6.45) is 2.63. The summed E-state index contributed by atoms with van der Waals surface area (Å²) in [7, 11) is 1.49. The Hall–Kier alpha value is -2.34. The van der Waals surface area contributed by atoms with E-state index < -0.39 is 11.5 Å². The maximum Gasteiger partial charge on any atom is 0.305 e. The van der Waals surface area contributed by atoms with Crippen molar-refractivity contribution in [1.82, 2.24) is 10.3 Å². The number of carbonyl (C=O) groups excluding carboxylic acids is 1. The van der Waals surface area contributed by atoms with Gasteiger partial charge in [0.05, 0.1) is 18.6 Å². The number of H-pyrrole nitrogens is 1. The second kappa shape index (κ2) is 7.49. The van der Waals surface area contributed by atoms with Gasteiger partial charge >= 0.3 is 5.97 Å². The number of benzene rings is 1. The van der Waals surface area contributed by atoms with Crippen molar-refractivity contribution in [3.63, 3.8) is 0 Å². The maximum atomic E-state index is 12.2. The number of aryl methyl sites for hydroxylation is 2. The molecule has 2 rings (SSSR count). The average molecular weight is 332 g/mol. The lowest BCUT2D eigenvalue weighted by Crippen LogP contribution is -2.50. The third-order valence-electron chi connectivity index (χ3n) is 4.08. The van der Waals surface area contributed by atoms with Gasteiger partial charge in [0.15, 0.2) is 0 Å². The van der Waals surface area contributed by atoms with Crippen LogP contribution in [0.15, 0.2) is 24.4 Å². The summed E-state index contributed by atoms with van der Waals surface area (Å²) in [6.45, 7) is 3.87. The number of aliphatic carboxylic acids is 1. The van der Waals surface area contributed by atoms with Crippen molar-refractivity contribution in [3.8, 4) is 0 Å². The molecule has 0 aliphatic heterocycles. The number of aromatic amines is 1. The quantitative estimate of drug-likeness (QED) is 0.692. The standard InChI is InChI=1S/C18H24N2O4/c1-12-5-4-6-14-13(10-19-17(12)14)7-8-15(21)20-18(2,11-24-3)9-16(22)23/h4-6,10,19H,7-9,11H2,1-3H3,(H,20,21)(H,22,23). The molecular weight excluding hydrogens is 308 g/mol. The highest BCUT2D eigenvalue weighted by molar-refractivity contribution is 5.86. The van der Waals surface area contributed by atoms with E-state index in [4.69, 9.17) is 9.84 Å². The minimum atomic E-state index is -0.970. The lowest BCUT2D eigenvalue weighted by molar-refractivity contribution is -0.139. The number of carbonyl (C=O) groups is 2. The van der Waals surface area contributed by atoms with E-state index >= 15 is 0 Å². The molecule has 0 aliphatic carbocycles. The molecule has 1 heterocycles. The number of aromatic nitrogens is 1. The zero-order valence-corrected chi connectivity index (χ0v) is 14.3. The second-order valence-corrected chi connectivity index (χ2v) is 6.42. The molecule has 3 N–H and O–H groups in total. The Kier molecular flexibility index (Phi) is 5.62. The van der Waals surface area contributed by atoms with E-state index in [1.165, 1.54) is 7.11 Å². The fourth-order valence-corrected chi connectivity index (χ4v) is 3.00. The molecule has 0 aliphatic rings. The van der Waals surface area contributed by atoms with Gasteiger partial charge in [0.1, 0.15) is 0 Å². The summed E-state index contributed by atoms with van der Waals surface area (Å²) < 4.78 is 5.05. The number of hydrogen-bond acceptors (Lipinski definition) is 3. The number of methoxy groups -OCH3 is 1. The lowest BCUT2D eigenvalue weighted by atomic mass is 9.98. The summed E-state index contributed by atoms with van der Waals surface area (Å²) >= 11 is 0. The summed E-state index contributed by atoms with van der Waals surface area (Å²) in [5.41, 5.74) is 2.42. The topological polar surface area (TPSA) is 91.4 Å². The van der Waals surface area contributed by atoms with Crippen LogP contribution in [0, 0.1) is 6.92 Å². The first kappa shape index (κ1) is 18.0. The molecule has 0 radical (unpaired) electrons. The van der Waals surface area contributed by atoms with E-state index in [0.29, 0.717) is 12.8 Å². The molecule has 6 heteroatoms. The molecule has 6 nitrogen and oxygen atoms in total. The van der Waals surface area contributed by atoms with Crippen LogP contribution >= 0.6 is 0 Å². The summed E-state index contributed by atoms with van der Waals surface area (Å²) in [5.74, 6) is -1.15. The summed E-state index contributed by atoms with van der Waals surface area (Å²) in [5, 5.41) is 12.9. The van der Waals surface area contributed by atoms with Gasteiger partial charge in [-0.1, -0.05) is 18.2 Å². The highest BCUT2D eigenvalue weighted by Gasteiger charge is 2.29. The first-order valence-corrected chi connectivity index (χ1v) is 7.92. The predicted molar refractivity (Wildman–Crippen MR) is 92.0 cm³/mol. The average Bonchev–Trinajstić information content (AvgIpc) is 2.88. The fourth-order valence-electron chi connectivity index (χ4n) is 3.00.